The molecule has 1 aliphatic rings. The van der Waals surface area contributed by atoms with E-state index in [9.17, 15) is 9.90 Å². The summed E-state index contributed by atoms with van der Waals surface area (Å²) in [5.41, 5.74) is 17.0. The highest BCUT2D eigenvalue weighted by atomic mass is 16.3. The van der Waals surface area contributed by atoms with Crippen LogP contribution in [0.5, 0.6) is 5.75 Å². The monoisotopic (exact) mass is 405 g/mol. The lowest BCUT2D eigenvalue weighted by Gasteiger charge is -2.24. The number of aryl methyl sites for hydroxylation is 1. The maximum atomic E-state index is 12.4. The van der Waals surface area contributed by atoms with Gasteiger partial charge in [0.1, 0.15) is 22.8 Å². The van der Waals surface area contributed by atoms with Crippen LogP contribution in [0, 0.1) is 13.8 Å². The Morgan fingerprint density at radius 3 is 2.57 bits per heavy atom. The number of phenols is 1. The Labute approximate surface area is 175 Å². The van der Waals surface area contributed by atoms with E-state index < -0.39 is 5.91 Å². The van der Waals surface area contributed by atoms with E-state index in [1.165, 1.54) is 4.68 Å². The predicted octanol–water partition coefficient (Wildman–Crippen LogP) is 3.01. The Bertz CT molecular complexity index is 1110. The Balaban J connectivity index is 1.95. The molecule has 7 nitrogen and oxygen atoms in total. The van der Waals surface area contributed by atoms with Gasteiger partial charge in [0.05, 0.1) is 5.69 Å². The van der Waals surface area contributed by atoms with Crippen LogP contribution in [0.15, 0.2) is 36.4 Å². The molecule has 1 aliphatic heterocycles. The summed E-state index contributed by atoms with van der Waals surface area (Å²) in [5.74, 6) is 0.0697. The van der Waals surface area contributed by atoms with Crippen molar-refractivity contribution in [2.45, 2.75) is 32.6 Å². The van der Waals surface area contributed by atoms with Crippen LogP contribution < -0.4 is 16.8 Å². The molecule has 6 N–H and O–H groups in total. The van der Waals surface area contributed by atoms with E-state index in [0.717, 1.165) is 42.6 Å². The van der Waals surface area contributed by atoms with Crippen molar-refractivity contribution in [2.75, 3.05) is 18.8 Å². The first kappa shape index (κ1) is 20.0. The van der Waals surface area contributed by atoms with Crippen LogP contribution in [0.25, 0.3) is 16.9 Å². The quantitative estimate of drug-likeness (QED) is 0.532. The second-order valence-corrected chi connectivity index (χ2v) is 7.87. The number of hydrogen-bond acceptors (Lipinski definition) is 5. The van der Waals surface area contributed by atoms with Crippen LogP contribution in [0.3, 0.4) is 0 Å². The van der Waals surface area contributed by atoms with Crippen molar-refractivity contribution in [3.8, 4) is 22.7 Å². The van der Waals surface area contributed by atoms with Gasteiger partial charge in [-0.2, -0.15) is 5.10 Å². The van der Waals surface area contributed by atoms with Gasteiger partial charge in [0.2, 0.25) is 0 Å². The van der Waals surface area contributed by atoms with Gasteiger partial charge >= 0.3 is 0 Å². The topological polar surface area (TPSA) is 119 Å². The van der Waals surface area contributed by atoms with Crippen molar-refractivity contribution in [1.29, 1.82) is 0 Å². The predicted molar refractivity (Wildman–Crippen MR) is 118 cm³/mol. The fourth-order valence-corrected chi connectivity index (χ4v) is 4.39. The van der Waals surface area contributed by atoms with Crippen molar-refractivity contribution >= 4 is 11.7 Å². The van der Waals surface area contributed by atoms with Gasteiger partial charge in [-0.15, -0.1) is 0 Å². The average molecular weight is 406 g/mol. The van der Waals surface area contributed by atoms with Gasteiger partial charge in [-0.25, -0.2) is 4.68 Å². The number of carbonyl (C=O) groups is 1. The van der Waals surface area contributed by atoms with E-state index in [1.807, 2.05) is 25.1 Å². The number of rotatable bonds is 4. The molecule has 1 saturated heterocycles. The maximum Gasteiger partial charge on any atom is 0.254 e. The number of nitrogens with one attached hydrogen (secondary N) is 1. The highest BCUT2D eigenvalue weighted by molar-refractivity contribution is 6.04. The summed E-state index contributed by atoms with van der Waals surface area (Å²) in [5, 5.41) is 18.4. The number of phenolic OH excluding ortho intramolecular Hbond substituents is 1. The summed E-state index contributed by atoms with van der Waals surface area (Å²) in [4.78, 5) is 12.4. The molecule has 0 spiro atoms. The fourth-order valence-electron chi connectivity index (χ4n) is 4.39. The molecule has 156 valence electrons. The molecule has 0 unspecified atom stereocenters. The standard InChI is InChI=1S/C23H27N5O2/c1-13-7-8-18(29)14(2)21(13)28-22(24)19(23(25)30)20(27-28)17-6-4-3-5-16(17)15-9-11-26-12-10-15/h3-8,15,26,29H,9-12,24H2,1-2H3,(H2,25,30). The number of nitrogens with zero attached hydrogens (tertiary/aromatic N) is 2. The summed E-state index contributed by atoms with van der Waals surface area (Å²) in [6.07, 6.45) is 2.04. The molecule has 0 bridgehead atoms. The smallest absolute Gasteiger partial charge is 0.254 e. The third kappa shape index (κ3) is 3.31. The number of nitrogens with two attached hydrogens (primary N) is 2. The molecular weight excluding hydrogens is 378 g/mol. The highest BCUT2D eigenvalue weighted by Crippen LogP contribution is 2.38. The number of amides is 1. The first-order valence-electron chi connectivity index (χ1n) is 10.2. The molecular formula is C23H27N5O2. The molecule has 3 aromatic rings. The lowest BCUT2D eigenvalue weighted by atomic mass is 9.85. The summed E-state index contributed by atoms with van der Waals surface area (Å²) in [6.45, 7) is 5.63. The Morgan fingerprint density at radius 1 is 1.17 bits per heavy atom. The van der Waals surface area contributed by atoms with Crippen molar-refractivity contribution in [3.63, 3.8) is 0 Å². The number of anilines is 1. The Hall–Kier alpha value is -3.32. The molecule has 2 aromatic carbocycles. The molecule has 30 heavy (non-hydrogen) atoms. The zero-order valence-electron chi connectivity index (χ0n) is 17.3. The molecule has 7 heteroatoms. The minimum absolute atomic E-state index is 0.141. The molecule has 0 radical (unpaired) electrons. The lowest BCUT2D eigenvalue weighted by Crippen LogP contribution is -2.27. The summed E-state index contributed by atoms with van der Waals surface area (Å²) in [6, 6.07) is 11.4. The summed E-state index contributed by atoms with van der Waals surface area (Å²) < 4.78 is 1.53. The van der Waals surface area contributed by atoms with Crippen LogP contribution in [0.2, 0.25) is 0 Å². The maximum absolute atomic E-state index is 12.4. The molecule has 4 rings (SSSR count). The summed E-state index contributed by atoms with van der Waals surface area (Å²) >= 11 is 0. The van der Waals surface area contributed by atoms with Gasteiger partial charge in [0.25, 0.3) is 5.91 Å². The van der Waals surface area contributed by atoms with E-state index in [-0.39, 0.29) is 17.1 Å². The van der Waals surface area contributed by atoms with Crippen molar-refractivity contribution in [3.05, 3.63) is 58.7 Å². The lowest BCUT2D eigenvalue weighted by molar-refractivity contribution is 0.100. The molecule has 0 saturated carbocycles. The first-order chi connectivity index (χ1) is 14.4. The van der Waals surface area contributed by atoms with E-state index >= 15 is 0 Å². The third-order valence-electron chi connectivity index (χ3n) is 5.98. The van der Waals surface area contributed by atoms with E-state index in [0.29, 0.717) is 22.9 Å². The number of primary amides is 1. The number of piperidine rings is 1. The van der Waals surface area contributed by atoms with Gasteiger partial charge < -0.3 is 21.9 Å². The molecule has 2 heterocycles. The van der Waals surface area contributed by atoms with Crippen LogP contribution in [-0.4, -0.2) is 33.9 Å². The first-order valence-corrected chi connectivity index (χ1v) is 10.2. The largest absolute Gasteiger partial charge is 0.508 e. The van der Waals surface area contributed by atoms with Gasteiger partial charge in [0.15, 0.2) is 0 Å². The zero-order valence-corrected chi connectivity index (χ0v) is 17.3. The van der Waals surface area contributed by atoms with Crippen LogP contribution in [0.4, 0.5) is 5.82 Å². The average Bonchev–Trinajstić information content (AvgIpc) is 3.09. The number of hydrogen-bond donors (Lipinski definition) is 4. The van der Waals surface area contributed by atoms with Crippen LogP contribution >= 0.6 is 0 Å². The molecule has 1 amide bonds. The minimum atomic E-state index is -0.621. The molecule has 0 atom stereocenters. The number of aromatic hydroxyl groups is 1. The number of carbonyl (C=O) groups excluding carboxylic acids is 1. The van der Waals surface area contributed by atoms with Gasteiger partial charge in [0, 0.05) is 11.1 Å². The number of benzene rings is 2. The second-order valence-electron chi connectivity index (χ2n) is 7.87. The molecule has 1 fully saturated rings. The molecule has 1 aromatic heterocycles. The van der Waals surface area contributed by atoms with Crippen LogP contribution in [0.1, 0.15) is 45.8 Å². The molecule has 0 aliphatic carbocycles. The number of aromatic nitrogens is 2. The summed E-state index contributed by atoms with van der Waals surface area (Å²) in [7, 11) is 0. The zero-order chi connectivity index (χ0) is 21.4. The van der Waals surface area contributed by atoms with Crippen molar-refractivity contribution in [2.24, 2.45) is 5.73 Å². The third-order valence-corrected chi connectivity index (χ3v) is 5.98. The van der Waals surface area contributed by atoms with E-state index in [1.54, 1.807) is 19.1 Å². The van der Waals surface area contributed by atoms with Crippen LogP contribution in [-0.2, 0) is 0 Å². The minimum Gasteiger partial charge on any atom is -0.508 e. The fraction of sp³-hybridized carbons (Fsp3) is 0.304. The second kappa shape index (κ2) is 7.84. The number of nitrogen functional groups attached to an aromatic ring is 1. The van der Waals surface area contributed by atoms with Crippen molar-refractivity contribution < 1.29 is 9.90 Å². The normalized spacial score (nSPS) is 14.7. The van der Waals surface area contributed by atoms with Crippen molar-refractivity contribution in [1.82, 2.24) is 15.1 Å². The Morgan fingerprint density at radius 2 is 1.87 bits per heavy atom. The Kier molecular flexibility index (Phi) is 5.22. The highest BCUT2D eigenvalue weighted by Gasteiger charge is 2.27. The SMILES string of the molecule is Cc1ccc(O)c(C)c1-n1nc(-c2ccccc2C2CCNCC2)c(C(N)=O)c1N. The van der Waals surface area contributed by atoms with Gasteiger partial charge in [-0.05, 0) is 62.9 Å². The van der Waals surface area contributed by atoms with Gasteiger partial charge in [-0.3, -0.25) is 4.79 Å². The van der Waals surface area contributed by atoms with E-state index in [2.05, 4.69) is 11.4 Å². The van der Waals surface area contributed by atoms with Gasteiger partial charge in [-0.1, -0.05) is 30.3 Å². The van der Waals surface area contributed by atoms with E-state index in [4.69, 9.17) is 16.6 Å².